The van der Waals surface area contributed by atoms with Crippen LogP contribution in [-0.4, -0.2) is 51.2 Å². The second kappa shape index (κ2) is 5.96. The Hall–Kier alpha value is -0.160. The molecule has 1 saturated carbocycles. The van der Waals surface area contributed by atoms with Crippen LogP contribution in [0.15, 0.2) is 0 Å². The summed E-state index contributed by atoms with van der Waals surface area (Å²) in [7, 11) is 1.76. The third kappa shape index (κ3) is 2.74. The van der Waals surface area contributed by atoms with Crippen LogP contribution in [0, 0.1) is 0 Å². The van der Waals surface area contributed by atoms with Gasteiger partial charge in [0.15, 0.2) is 0 Å². The molecule has 2 aliphatic rings. The SMILES string of the molecule is CCNC1CC(OCC2CCCO2)C1OC. The van der Waals surface area contributed by atoms with Crippen molar-refractivity contribution in [3.63, 3.8) is 0 Å². The molecule has 4 heteroatoms. The Morgan fingerprint density at radius 1 is 1.44 bits per heavy atom. The first-order chi connectivity index (χ1) is 7.85. The second-order valence-electron chi connectivity index (χ2n) is 4.61. The highest BCUT2D eigenvalue weighted by Gasteiger charge is 2.42. The van der Waals surface area contributed by atoms with Crippen molar-refractivity contribution in [2.45, 2.75) is 50.5 Å². The topological polar surface area (TPSA) is 39.7 Å². The largest absolute Gasteiger partial charge is 0.377 e. The fourth-order valence-electron chi connectivity index (χ4n) is 2.53. The lowest BCUT2D eigenvalue weighted by Crippen LogP contribution is -2.60. The van der Waals surface area contributed by atoms with E-state index < -0.39 is 0 Å². The van der Waals surface area contributed by atoms with Crippen LogP contribution >= 0.6 is 0 Å². The minimum absolute atomic E-state index is 0.210. The van der Waals surface area contributed by atoms with E-state index in [1.165, 1.54) is 6.42 Å². The fourth-order valence-corrected chi connectivity index (χ4v) is 2.53. The smallest absolute Gasteiger partial charge is 0.0986 e. The van der Waals surface area contributed by atoms with Crippen molar-refractivity contribution < 1.29 is 14.2 Å². The Labute approximate surface area is 97.6 Å². The van der Waals surface area contributed by atoms with E-state index in [0.29, 0.717) is 12.1 Å². The van der Waals surface area contributed by atoms with E-state index in [2.05, 4.69) is 12.2 Å². The molecule has 1 N–H and O–H groups in total. The predicted octanol–water partition coefficient (Wildman–Crippen LogP) is 0.947. The number of ether oxygens (including phenoxy) is 3. The maximum Gasteiger partial charge on any atom is 0.0986 e. The van der Waals surface area contributed by atoms with Crippen molar-refractivity contribution in [1.29, 1.82) is 0 Å². The molecule has 0 aromatic rings. The molecule has 4 atom stereocenters. The van der Waals surface area contributed by atoms with Gasteiger partial charge in [0.25, 0.3) is 0 Å². The van der Waals surface area contributed by atoms with Crippen molar-refractivity contribution >= 4 is 0 Å². The standard InChI is InChI=1S/C12H23NO3/c1-3-13-10-7-11(12(10)14-2)16-8-9-5-4-6-15-9/h9-13H,3-8H2,1-2H3. The van der Waals surface area contributed by atoms with E-state index >= 15 is 0 Å². The zero-order valence-electron chi connectivity index (χ0n) is 10.3. The monoisotopic (exact) mass is 229 g/mol. The van der Waals surface area contributed by atoms with Gasteiger partial charge in [-0.1, -0.05) is 6.92 Å². The van der Waals surface area contributed by atoms with Crippen LogP contribution < -0.4 is 5.32 Å². The van der Waals surface area contributed by atoms with Gasteiger partial charge < -0.3 is 19.5 Å². The van der Waals surface area contributed by atoms with E-state index in [0.717, 1.165) is 32.6 Å². The summed E-state index contributed by atoms with van der Waals surface area (Å²) >= 11 is 0. The molecule has 0 aromatic carbocycles. The molecular formula is C12H23NO3. The summed E-state index contributed by atoms with van der Waals surface area (Å²) in [6, 6.07) is 0.462. The first kappa shape index (κ1) is 12.3. The number of methoxy groups -OCH3 is 1. The molecule has 0 bridgehead atoms. The summed E-state index contributed by atoms with van der Waals surface area (Å²) in [5, 5.41) is 3.40. The normalized spacial score (nSPS) is 38.6. The van der Waals surface area contributed by atoms with E-state index in [9.17, 15) is 0 Å². The molecule has 0 aromatic heterocycles. The van der Waals surface area contributed by atoms with Gasteiger partial charge in [0.2, 0.25) is 0 Å². The van der Waals surface area contributed by atoms with Gasteiger partial charge in [-0.3, -0.25) is 0 Å². The average molecular weight is 229 g/mol. The van der Waals surface area contributed by atoms with E-state index in [1.807, 2.05) is 0 Å². The molecule has 2 fully saturated rings. The Kier molecular flexibility index (Phi) is 4.58. The van der Waals surface area contributed by atoms with Crippen LogP contribution in [-0.2, 0) is 14.2 Å². The molecule has 0 spiro atoms. The van der Waals surface area contributed by atoms with Gasteiger partial charge in [-0.25, -0.2) is 0 Å². The third-order valence-corrected chi connectivity index (χ3v) is 3.51. The van der Waals surface area contributed by atoms with Crippen molar-refractivity contribution in [2.24, 2.45) is 0 Å². The van der Waals surface area contributed by atoms with Crippen LogP contribution in [0.3, 0.4) is 0 Å². The van der Waals surface area contributed by atoms with Gasteiger partial charge in [-0.2, -0.15) is 0 Å². The Balaban J connectivity index is 1.66. The molecule has 4 nitrogen and oxygen atoms in total. The zero-order valence-corrected chi connectivity index (χ0v) is 10.3. The molecular weight excluding hydrogens is 206 g/mol. The van der Waals surface area contributed by atoms with E-state index in [4.69, 9.17) is 14.2 Å². The van der Waals surface area contributed by atoms with Gasteiger partial charge in [0.1, 0.15) is 0 Å². The molecule has 1 saturated heterocycles. The van der Waals surface area contributed by atoms with Crippen LogP contribution in [0.2, 0.25) is 0 Å². The maximum atomic E-state index is 5.85. The summed E-state index contributed by atoms with van der Waals surface area (Å²) in [4.78, 5) is 0. The van der Waals surface area contributed by atoms with Gasteiger partial charge in [-0.05, 0) is 25.8 Å². The molecule has 1 heterocycles. The lowest BCUT2D eigenvalue weighted by molar-refractivity contribution is -0.147. The molecule has 0 radical (unpaired) electrons. The summed E-state index contributed by atoms with van der Waals surface area (Å²) in [6.45, 7) is 4.73. The first-order valence-corrected chi connectivity index (χ1v) is 6.34. The number of hydrogen-bond donors (Lipinski definition) is 1. The molecule has 1 aliphatic carbocycles. The Bertz CT molecular complexity index is 206. The van der Waals surface area contributed by atoms with Crippen molar-refractivity contribution in [1.82, 2.24) is 5.32 Å². The highest BCUT2D eigenvalue weighted by Crippen LogP contribution is 2.27. The predicted molar refractivity (Wildman–Crippen MR) is 61.6 cm³/mol. The zero-order chi connectivity index (χ0) is 11.4. The summed E-state index contributed by atoms with van der Waals surface area (Å²) < 4.78 is 16.8. The molecule has 0 amide bonds. The summed E-state index contributed by atoms with van der Waals surface area (Å²) in [6.07, 6.45) is 4.14. The second-order valence-corrected chi connectivity index (χ2v) is 4.61. The highest BCUT2D eigenvalue weighted by atomic mass is 16.6. The van der Waals surface area contributed by atoms with Crippen molar-refractivity contribution in [3.8, 4) is 0 Å². The van der Waals surface area contributed by atoms with E-state index in [-0.39, 0.29) is 12.2 Å². The van der Waals surface area contributed by atoms with Gasteiger partial charge in [0, 0.05) is 19.8 Å². The van der Waals surface area contributed by atoms with Crippen molar-refractivity contribution in [3.05, 3.63) is 0 Å². The third-order valence-electron chi connectivity index (χ3n) is 3.51. The van der Waals surface area contributed by atoms with Gasteiger partial charge >= 0.3 is 0 Å². The fraction of sp³-hybridized carbons (Fsp3) is 1.00. The number of rotatable bonds is 6. The molecule has 2 rings (SSSR count). The van der Waals surface area contributed by atoms with Crippen LogP contribution in [0.1, 0.15) is 26.2 Å². The molecule has 94 valence electrons. The number of nitrogens with one attached hydrogen (secondary N) is 1. The lowest BCUT2D eigenvalue weighted by Gasteiger charge is -2.43. The summed E-state index contributed by atoms with van der Waals surface area (Å²) in [5.74, 6) is 0. The lowest BCUT2D eigenvalue weighted by atomic mass is 9.85. The minimum Gasteiger partial charge on any atom is -0.377 e. The number of hydrogen-bond acceptors (Lipinski definition) is 4. The summed E-state index contributed by atoms with van der Waals surface area (Å²) in [5.41, 5.74) is 0. The van der Waals surface area contributed by atoms with Gasteiger partial charge in [0.05, 0.1) is 24.9 Å². The Morgan fingerprint density at radius 3 is 2.94 bits per heavy atom. The van der Waals surface area contributed by atoms with Crippen LogP contribution in [0.25, 0.3) is 0 Å². The van der Waals surface area contributed by atoms with Crippen molar-refractivity contribution in [2.75, 3.05) is 26.9 Å². The molecule has 4 unspecified atom stereocenters. The number of likely N-dealkylation sites (N-methyl/N-ethyl adjacent to an activating group) is 1. The quantitative estimate of drug-likeness (QED) is 0.736. The van der Waals surface area contributed by atoms with Crippen LogP contribution in [0.4, 0.5) is 0 Å². The molecule has 16 heavy (non-hydrogen) atoms. The molecule has 1 aliphatic heterocycles. The Morgan fingerprint density at radius 2 is 2.31 bits per heavy atom. The first-order valence-electron chi connectivity index (χ1n) is 6.34. The van der Waals surface area contributed by atoms with Crippen LogP contribution in [0.5, 0.6) is 0 Å². The van der Waals surface area contributed by atoms with Gasteiger partial charge in [-0.15, -0.1) is 0 Å². The maximum absolute atomic E-state index is 5.85. The highest BCUT2D eigenvalue weighted by molar-refractivity contribution is 4.97. The van der Waals surface area contributed by atoms with E-state index in [1.54, 1.807) is 7.11 Å². The minimum atomic E-state index is 0.210. The average Bonchev–Trinajstić information content (AvgIpc) is 2.75.